The predicted molar refractivity (Wildman–Crippen MR) is 133 cm³/mol. The van der Waals surface area contributed by atoms with E-state index in [1.54, 1.807) is 26.4 Å². The van der Waals surface area contributed by atoms with Crippen molar-refractivity contribution in [3.05, 3.63) is 72.3 Å². The quantitative estimate of drug-likeness (QED) is 0.424. The molecule has 0 aliphatic carbocycles. The lowest BCUT2D eigenvalue weighted by molar-refractivity contribution is -0.119. The topological polar surface area (TPSA) is 76.7 Å². The molecule has 0 spiro atoms. The molecule has 0 aliphatic rings. The maximum atomic E-state index is 13.1. The molecule has 0 saturated heterocycles. The minimum Gasteiger partial charge on any atom is -0.497 e. The van der Waals surface area contributed by atoms with Gasteiger partial charge in [0.15, 0.2) is 0 Å². The molecule has 0 heterocycles. The smallest absolute Gasteiger partial charge is 0.256 e. The van der Waals surface area contributed by atoms with Crippen LogP contribution >= 0.6 is 11.8 Å². The van der Waals surface area contributed by atoms with Gasteiger partial charge in [-0.05, 0) is 61.9 Å². The van der Waals surface area contributed by atoms with Gasteiger partial charge in [-0.25, -0.2) is 0 Å². The molecule has 3 aromatic rings. The van der Waals surface area contributed by atoms with Crippen molar-refractivity contribution in [1.82, 2.24) is 5.32 Å². The lowest BCUT2D eigenvalue weighted by Crippen LogP contribution is -2.31. The Morgan fingerprint density at radius 3 is 2.33 bits per heavy atom. The van der Waals surface area contributed by atoms with Gasteiger partial charge >= 0.3 is 0 Å². The Kier molecular flexibility index (Phi) is 8.38. The molecule has 0 saturated carbocycles. The summed E-state index contributed by atoms with van der Waals surface area (Å²) in [5.41, 5.74) is 2.95. The first-order valence-electron chi connectivity index (χ1n) is 10.6. The Bertz CT molecular complexity index is 1110. The van der Waals surface area contributed by atoms with Gasteiger partial charge in [0.2, 0.25) is 5.91 Å². The molecule has 0 aromatic heterocycles. The van der Waals surface area contributed by atoms with Gasteiger partial charge in [-0.1, -0.05) is 24.3 Å². The molecule has 172 valence electrons. The standard InChI is InChI=1S/C26H28N2O4S/c1-17(2)27-25(29)16-33-24-8-6-5-7-21(24)26(30)28-19-11-14-23(32-4)22(15-19)18-9-12-20(31-3)13-10-18/h5-15,17H,16H2,1-4H3,(H,27,29)(H,28,30). The lowest BCUT2D eigenvalue weighted by Gasteiger charge is -2.14. The summed E-state index contributed by atoms with van der Waals surface area (Å²) in [6, 6.07) is 20.5. The summed E-state index contributed by atoms with van der Waals surface area (Å²) in [4.78, 5) is 25.8. The Labute approximate surface area is 198 Å². The van der Waals surface area contributed by atoms with Crippen molar-refractivity contribution in [2.75, 3.05) is 25.3 Å². The number of rotatable bonds is 9. The predicted octanol–water partition coefficient (Wildman–Crippen LogP) is 5.24. The zero-order valence-corrected chi connectivity index (χ0v) is 20.0. The van der Waals surface area contributed by atoms with Crippen LogP contribution in [0, 0.1) is 0 Å². The Balaban J connectivity index is 1.80. The van der Waals surface area contributed by atoms with Crippen molar-refractivity contribution < 1.29 is 19.1 Å². The van der Waals surface area contributed by atoms with E-state index in [1.165, 1.54) is 11.8 Å². The van der Waals surface area contributed by atoms with Gasteiger partial charge < -0.3 is 20.1 Å². The number of methoxy groups -OCH3 is 2. The monoisotopic (exact) mass is 464 g/mol. The number of ether oxygens (including phenoxy) is 2. The molecule has 33 heavy (non-hydrogen) atoms. The van der Waals surface area contributed by atoms with Gasteiger partial charge in [0.25, 0.3) is 5.91 Å². The first kappa shape index (κ1) is 24.2. The van der Waals surface area contributed by atoms with E-state index in [9.17, 15) is 9.59 Å². The fraction of sp³-hybridized carbons (Fsp3) is 0.231. The number of thioether (sulfide) groups is 1. The number of carbonyl (C=O) groups is 2. The third-order valence-corrected chi connectivity index (χ3v) is 5.87. The summed E-state index contributed by atoms with van der Waals surface area (Å²) in [5.74, 6) is 1.40. The highest BCUT2D eigenvalue weighted by molar-refractivity contribution is 8.00. The van der Waals surface area contributed by atoms with Crippen molar-refractivity contribution >= 4 is 29.3 Å². The van der Waals surface area contributed by atoms with Crippen LogP contribution in [0.25, 0.3) is 11.1 Å². The number of hydrogen-bond donors (Lipinski definition) is 2. The molecule has 0 bridgehead atoms. The lowest BCUT2D eigenvalue weighted by atomic mass is 10.0. The summed E-state index contributed by atoms with van der Waals surface area (Å²) in [5, 5.41) is 5.83. The molecule has 0 fully saturated rings. The highest BCUT2D eigenvalue weighted by Gasteiger charge is 2.15. The van der Waals surface area contributed by atoms with Crippen molar-refractivity contribution in [2.24, 2.45) is 0 Å². The van der Waals surface area contributed by atoms with E-state index >= 15 is 0 Å². The van der Waals surface area contributed by atoms with Gasteiger partial charge in [0.05, 0.1) is 25.5 Å². The zero-order valence-electron chi connectivity index (χ0n) is 19.2. The summed E-state index contributed by atoms with van der Waals surface area (Å²) in [6.07, 6.45) is 0. The van der Waals surface area contributed by atoms with Crippen LogP contribution in [0.3, 0.4) is 0 Å². The van der Waals surface area contributed by atoms with E-state index in [0.717, 1.165) is 21.8 Å². The summed E-state index contributed by atoms with van der Waals surface area (Å²) in [6.45, 7) is 3.83. The van der Waals surface area contributed by atoms with Crippen LogP contribution in [-0.4, -0.2) is 37.8 Å². The molecule has 0 unspecified atom stereocenters. The fourth-order valence-corrected chi connectivity index (χ4v) is 4.13. The van der Waals surface area contributed by atoms with E-state index in [2.05, 4.69) is 10.6 Å². The van der Waals surface area contributed by atoms with Crippen molar-refractivity contribution in [1.29, 1.82) is 0 Å². The second-order valence-electron chi connectivity index (χ2n) is 7.60. The van der Waals surface area contributed by atoms with Crippen molar-refractivity contribution in [3.8, 4) is 22.6 Å². The van der Waals surface area contributed by atoms with Crippen LogP contribution in [0.1, 0.15) is 24.2 Å². The second kappa shape index (κ2) is 11.4. The molecule has 6 nitrogen and oxygen atoms in total. The van der Waals surface area contributed by atoms with Crippen LogP contribution in [0.4, 0.5) is 5.69 Å². The third-order valence-electron chi connectivity index (χ3n) is 4.80. The van der Waals surface area contributed by atoms with Gasteiger partial charge in [-0.3, -0.25) is 9.59 Å². The molecule has 2 amide bonds. The highest BCUT2D eigenvalue weighted by Crippen LogP contribution is 2.34. The minimum absolute atomic E-state index is 0.0653. The van der Waals surface area contributed by atoms with Crippen LogP contribution in [0.2, 0.25) is 0 Å². The average Bonchev–Trinajstić information content (AvgIpc) is 2.82. The number of hydrogen-bond acceptors (Lipinski definition) is 5. The third kappa shape index (κ3) is 6.52. The maximum Gasteiger partial charge on any atom is 0.256 e. The van der Waals surface area contributed by atoms with Gasteiger partial charge in [0.1, 0.15) is 11.5 Å². The molecule has 7 heteroatoms. The largest absolute Gasteiger partial charge is 0.497 e. The second-order valence-corrected chi connectivity index (χ2v) is 8.62. The number of benzene rings is 3. The van der Waals surface area contributed by atoms with E-state index in [4.69, 9.17) is 9.47 Å². The van der Waals surface area contributed by atoms with E-state index < -0.39 is 0 Å². The summed E-state index contributed by atoms with van der Waals surface area (Å²) >= 11 is 1.34. The zero-order chi connectivity index (χ0) is 23.8. The normalized spacial score (nSPS) is 10.6. The van der Waals surface area contributed by atoms with Gasteiger partial charge in [-0.15, -0.1) is 11.8 Å². The van der Waals surface area contributed by atoms with Gasteiger partial charge in [-0.2, -0.15) is 0 Å². The first-order chi connectivity index (χ1) is 15.9. The average molecular weight is 465 g/mol. The van der Waals surface area contributed by atoms with Gasteiger partial charge in [0, 0.05) is 22.2 Å². The van der Waals surface area contributed by atoms with Crippen LogP contribution < -0.4 is 20.1 Å². The maximum absolute atomic E-state index is 13.1. The van der Waals surface area contributed by atoms with Crippen LogP contribution in [-0.2, 0) is 4.79 Å². The van der Waals surface area contributed by atoms with Crippen LogP contribution in [0.5, 0.6) is 11.5 Å². The van der Waals surface area contributed by atoms with Crippen molar-refractivity contribution in [3.63, 3.8) is 0 Å². The number of carbonyl (C=O) groups excluding carboxylic acids is 2. The van der Waals surface area contributed by atoms with Crippen LogP contribution in [0.15, 0.2) is 71.6 Å². The number of amides is 2. The Morgan fingerprint density at radius 2 is 1.67 bits per heavy atom. The molecule has 2 N–H and O–H groups in total. The molecular weight excluding hydrogens is 436 g/mol. The molecule has 3 aromatic carbocycles. The van der Waals surface area contributed by atoms with E-state index in [1.807, 2.05) is 68.4 Å². The van der Waals surface area contributed by atoms with Crippen molar-refractivity contribution in [2.45, 2.75) is 24.8 Å². The fourth-order valence-electron chi connectivity index (χ4n) is 3.27. The van der Waals surface area contributed by atoms with E-state index in [-0.39, 0.29) is 23.6 Å². The number of anilines is 1. The SMILES string of the molecule is COc1ccc(-c2cc(NC(=O)c3ccccc3SCC(=O)NC(C)C)ccc2OC)cc1. The molecule has 0 aliphatic heterocycles. The molecule has 3 rings (SSSR count). The molecule has 0 radical (unpaired) electrons. The summed E-state index contributed by atoms with van der Waals surface area (Å²) in [7, 11) is 3.24. The molecular formula is C26H28N2O4S. The number of nitrogens with one attached hydrogen (secondary N) is 2. The first-order valence-corrected chi connectivity index (χ1v) is 11.5. The Hall–Kier alpha value is -3.45. The minimum atomic E-state index is -0.242. The molecule has 0 atom stereocenters. The Morgan fingerprint density at radius 1 is 0.939 bits per heavy atom. The van der Waals surface area contributed by atoms with E-state index in [0.29, 0.717) is 17.0 Å². The summed E-state index contributed by atoms with van der Waals surface area (Å²) < 4.78 is 10.8. The highest BCUT2D eigenvalue weighted by atomic mass is 32.2.